The molecular weight excluding hydrogens is 704 g/mol. The van der Waals surface area contributed by atoms with E-state index in [0.717, 1.165) is 21.9 Å². The summed E-state index contributed by atoms with van der Waals surface area (Å²) in [7, 11) is -2.51. The minimum atomic E-state index is -2.51. The Balaban J connectivity index is 1.15. The predicted molar refractivity (Wildman–Crippen MR) is 231 cm³/mol. The first-order chi connectivity index (χ1) is 27.6. The Hall–Kier alpha value is -5.70. The minimum absolute atomic E-state index is 0.213. The van der Waals surface area contributed by atoms with E-state index in [2.05, 4.69) is 182 Å². The molecule has 0 bridgehead atoms. The first-order valence-corrected chi connectivity index (χ1v) is 20.5. The second-order valence-electron chi connectivity index (χ2n) is 15.1. The summed E-state index contributed by atoms with van der Waals surface area (Å²) >= 11 is 0. The minimum Gasteiger partial charge on any atom is -0.118 e. The lowest BCUT2D eigenvalue weighted by Gasteiger charge is -2.34. The molecule has 56 heavy (non-hydrogen) atoms. The van der Waals surface area contributed by atoms with Gasteiger partial charge in [0, 0.05) is 15.4 Å². The van der Waals surface area contributed by atoms with Crippen LogP contribution in [0.15, 0.2) is 206 Å². The highest BCUT2D eigenvalue weighted by molar-refractivity contribution is 7.33. The zero-order valence-corrected chi connectivity index (χ0v) is 32.4. The van der Waals surface area contributed by atoms with Crippen molar-refractivity contribution in [3.8, 4) is 0 Å². The fraction of sp³-hybridized carbons (Fsp3) is 0.154. The maximum atomic E-state index is 14.3. The molecule has 8 aromatic rings. The van der Waals surface area contributed by atoms with E-state index in [9.17, 15) is 4.57 Å². The summed E-state index contributed by atoms with van der Waals surface area (Å²) in [5, 5.41) is 4.69. The summed E-state index contributed by atoms with van der Waals surface area (Å²) in [6, 6.07) is 72.5. The van der Waals surface area contributed by atoms with Gasteiger partial charge < -0.3 is 0 Å². The fourth-order valence-electron chi connectivity index (χ4n) is 8.28. The van der Waals surface area contributed by atoms with E-state index in [4.69, 9.17) is 9.05 Å². The molecule has 0 unspecified atom stereocenters. The second kappa shape index (κ2) is 17.4. The first kappa shape index (κ1) is 37.2. The first-order valence-electron chi connectivity index (χ1n) is 19.4. The molecule has 276 valence electrons. The summed E-state index contributed by atoms with van der Waals surface area (Å²) in [6.07, 6.45) is 2.81. The molecule has 4 heteroatoms. The highest BCUT2D eigenvalue weighted by Gasteiger charge is 2.41. The highest BCUT2D eigenvalue weighted by atomic mass is 31.1. The van der Waals surface area contributed by atoms with Crippen molar-refractivity contribution in [2.24, 2.45) is 0 Å². The molecule has 0 aliphatic carbocycles. The quantitative estimate of drug-likeness (QED) is 0.0923. The van der Waals surface area contributed by atoms with Crippen LogP contribution in [0.5, 0.6) is 0 Å². The lowest BCUT2D eigenvalue weighted by molar-refractivity contribution is 0.149. The van der Waals surface area contributed by atoms with Gasteiger partial charge >= 0.3 is 8.25 Å². The van der Waals surface area contributed by atoms with Crippen molar-refractivity contribution < 1.29 is 13.6 Å². The molecule has 0 saturated carbocycles. The molecule has 0 radical (unpaired) electrons. The van der Waals surface area contributed by atoms with Gasteiger partial charge in [0.05, 0.1) is 0 Å². The Morgan fingerprint density at radius 3 is 0.946 bits per heavy atom. The Morgan fingerprint density at radius 2 is 0.625 bits per heavy atom. The van der Waals surface area contributed by atoms with E-state index in [1.807, 2.05) is 24.3 Å². The van der Waals surface area contributed by atoms with Gasteiger partial charge in [0.1, 0.15) is 13.2 Å². The van der Waals surface area contributed by atoms with E-state index in [0.29, 0.717) is 25.7 Å². The molecule has 0 saturated heterocycles. The van der Waals surface area contributed by atoms with E-state index in [1.54, 1.807) is 0 Å². The van der Waals surface area contributed by atoms with E-state index in [1.165, 1.54) is 33.0 Å². The van der Waals surface area contributed by atoms with Crippen LogP contribution in [0.25, 0.3) is 21.5 Å². The van der Waals surface area contributed by atoms with Crippen molar-refractivity contribution in [1.29, 1.82) is 0 Å². The third-order valence-electron chi connectivity index (χ3n) is 11.2. The largest absolute Gasteiger partial charge is 0.697 e. The van der Waals surface area contributed by atoms with Crippen molar-refractivity contribution in [3.05, 3.63) is 240 Å². The van der Waals surface area contributed by atoms with Gasteiger partial charge in [0.25, 0.3) is 0 Å². The average Bonchev–Trinajstić information content (AvgIpc) is 3.26. The summed E-state index contributed by atoms with van der Waals surface area (Å²) in [6.45, 7) is 0.426. The van der Waals surface area contributed by atoms with Crippen LogP contribution in [0.2, 0.25) is 0 Å². The topological polar surface area (TPSA) is 35.5 Å². The molecule has 8 rings (SSSR count). The maximum absolute atomic E-state index is 14.3. The zero-order chi connectivity index (χ0) is 38.0. The van der Waals surface area contributed by atoms with Crippen molar-refractivity contribution in [3.63, 3.8) is 0 Å². The summed E-state index contributed by atoms with van der Waals surface area (Å²) in [5.41, 5.74) is 5.98. The SMILES string of the molecule is O=[P+](OCC(Cc1ccccc1)(Cc1ccccc1)c1ccc2ccccc2c1)OCC(Cc1ccccc1)(Cc1ccccc1)c1ccc2ccccc2c1. The summed E-state index contributed by atoms with van der Waals surface area (Å²) < 4.78 is 27.4. The smallest absolute Gasteiger partial charge is 0.118 e. The van der Waals surface area contributed by atoms with Gasteiger partial charge in [0.15, 0.2) is 0 Å². The Morgan fingerprint density at radius 1 is 0.339 bits per heavy atom. The van der Waals surface area contributed by atoms with Crippen LogP contribution in [0.4, 0.5) is 0 Å². The monoisotopic (exact) mass is 749 g/mol. The molecule has 0 spiro atoms. The molecule has 0 amide bonds. The van der Waals surface area contributed by atoms with Crippen LogP contribution in [0.3, 0.4) is 0 Å². The fourth-order valence-corrected chi connectivity index (χ4v) is 9.06. The number of hydrogen-bond donors (Lipinski definition) is 0. The van der Waals surface area contributed by atoms with Gasteiger partial charge in [-0.25, -0.2) is 0 Å². The van der Waals surface area contributed by atoms with Crippen LogP contribution in [0, 0.1) is 0 Å². The van der Waals surface area contributed by atoms with Gasteiger partial charge in [0.2, 0.25) is 0 Å². The van der Waals surface area contributed by atoms with Crippen molar-refractivity contribution in [2.45, 2.75) is 36.5 Å². The van der Waals surface area contributed by atoms with E-state index >= 15 is 0 Å². The number of rotatable bonds is 16. The average molecular weight is 750 g/mol. The molecule has 0 aliphatic heterocycles. The summed E-state index contributed by atoms with van der Waals surface area (Å²) in [4.78, 5) is 0. The molecule has 8 aromatic carbocycles. The van der Waals surface area contributed by atoms with Crippen LogP contribution >= 0.6 is 8.25 Å². The third kappa shape index (κ3) is 8.88. The van der Waals surface area contributed by atoms with Gasteiger partial charge in [-0.15, -0.1) is 9.05 Å². The van der Waals surface area contributed by atoms with Crippen LogP contribution in [0.1, 0.15) is 33.4 Å². The molecular formula is C52H46O3P+. The van der Waals surface area contributed by atoms with Crippen molar-refractivity contribution in [1.82, 2.24) is 0 Å². The van der Waals surface area contributed by atoms with Crippen molar-refractivity contribution >= 4 is 29.8 Å². The molecule has 3 nitrogen and oxygen atoms in total. The van der Waals surface area contributed by atoms with Gasteiger partial charge in [-0.1, -0.05) is 206 Å². The normalized spacial score (nSPS) is 11.9. The standard InChI is InChI=1S/C52H46O3P/c53-56(54-39-51(35-41-17-5-1-6-18-41,36-42-19-7-2-8-20-42)49-31-29-45-25-13-15-27-47(45)33-49)55-40-52(37-43-21-9-3-10-22-43,38-44-23-11-4-12-24-44)50-32-30-46-26-14-16-28-48(46)34-50/h1-34H,35-40H2/q+1. The number of fused-ring (bicyclic) bond motifs is 2. The molecule has 0 aliphatic rings. The predicted octanol–water partition coefficient (Wildman–Crippen LogP) is 12.8. The number of benzene rings is 8. The Kier molecular flexibility index (Phi) is 11.6. The molecule has 0 N–H and O–H groups in total. The molecule has 0 heterocycles. The summed E-state index contributed by atoms with van der Waals surface area (Å²) in [5.74, 6) is 0. The lowest BCUT2D eigenvalue weighted by atomic mass is 9.71. The Labute approximate surface area is 331 Å². The van der Waals surface area contributed by atoms with Crippen LogP contribution < -0.4 is 0 Å². The van der Waals surface area contributed by atoms with Gasteiger partial charge in [-0.05, 0) is 80.6 Å². The van der Waals surface area contributed by atoms with Crippen LogP contribution in [-0.2, 0) is 50.1 Å². The zero-order valence-electron chi connectivity index (χ0n) is 31.5. The van der Waals surface area contributed by atoms with Gasteiger partial charge in [-0.3, -0.25) is 0 Å². The number of hydrogen-bond acceptors (Lipinski definition) is 3. The molecule has 0 fully saturated rings. The van der Waals surface area contributed by atoms with Crippen LogP contribution in [-0.4, -0.2) is 13.2 Å². The maximum Gasteiger partial charge on any atom is 0.697 e. The van der Waals surface area contributed by atoms with Gasteiger partial charge in [-0.2, -0.15) is 0 Å². The van der Waals surface area contributed by atoms with E-state index < -0.39 is 19.1 Å². The molecule has 0 atom stereocenters. The Bertz CT molecular complexity index is 2240. The van der Waals surface area contributed by atoms with E-state index in [-0.39, 0.29) is 13.2 Å². The lowest BCUT2D eigenvalue weighted by Crippen LogP contribution is -2.37. The third-order valence-corrected chi connectivity index (χ3v) is 11.8. The highest BCUT2D eigenvalue weighted by Crippen LogP contribution is 2.41. The van der Waals surface area contributed by atoms with Crippen molar-refractivity contribution in [2.75, 3.05) is 13.2 Å². The molecule has 0 aromatic heterocycles. The second-order valence-corrected chi connectivity index (χ2v) is 16.1.